The van der Waals surface area contributed by atoms with Crippen LogP contribution in [-0.4, -0.2) is 29.9 Å². The molecule has 150 valence electrons. The van der Waals surface area contributed by atoms with E-state index >= 15 is 0 Å². The van der Waals surface area contributed by atoms with E-state index in [1.54, 1.807) is 5.57 Å². The second-order valence-corrected chi connectivity index (χ2v) is 10.5. The first-order chi connectivity index (χ1) is 12.9. The molecule has 3 saturated carbocycles. The average Bonchev–Trinajstić information content (AvgIpc) is 3.24. The Balaban J connectivity index is 1.44. The lowest BCUT2D eigenvalue weighted by atomic mass is 9.46. The van der Waals surface area contributed by atoms with Crippen molar-refractivity contribution in [3.05, 3.63) is 11.6 Å². The molecule has 0 aromatic rings. The van der Waals surface area contributed by atoms with Crippen LogP contribution >= 0.6 is 0 Å². The zero-order chi connectivity index (χ0) is 18.9. The van der Waals surface area contributed by atoms with Gasteiger partial charge in [0.05, 0.1) is 18.9 Å². The number of hydrogen-bond acceptors (Lipinski definition) is 4. The van der Waals surface area contributed by atoms with Crippen molar-refractivity contribution < 1.29 is 14.7 Å². The summed E-state index contributed by atoms with van der Waals surface area (Å²) >= 11 is 0. The third kappa shape index (κ3) is 2.45. The first kappa shape index (κ1) is 18.2. The summed E-state index contributed by atoms with van der Waals surface area (Å²) in [6.45, 7) is 8.75. The number of oxime groups is 1. The Bertz CT molecular complexity index is 679. The number of rotatable bonds is 1. The van der Waals surface area contributed by atoms with E-state index in [-0.39, 0.29) is 5.79 Å². The van der Waals surface area contributed by atoms with Gasteiger partial charge in [0.2, 0.25) is 0 Å². The zero-order valence-electron chi connectivity index (χ0n) is 17.2. The van der Waals surface area contributed by atoms with Crippen molar-refractivity contribution in [2.24, 2.45) is 39.7 Å². The highest BCUT2D eigenvalue weighted by Crippen LogP contribution is 2.68. The van der Waals surface area contributed by atoms with Crippen molar-refractivity contribution >= 4 is 5.71 Å². The molecule has 6 atom stereocenters. The molecule has 0 unspecified atom stereocenters. The van der Waals surface area contributed by atoms with Crippen molar-refractivity contribution in [3.63, 3.8) is 0 Å². The second kappa shape index (κ2) is 6.06. The fourth-order valence-corrected chi connectivity index (χ4v) is 8.24. The Morgan fingerprint density at radius 1 is 0.963 bits per heavy atom. The molecule has 1 heterocycles. The van der Waals surface area contributed by atoms with Gasteiger partial charge in [-0.1, -0.05) is 24.6 Å². The summed E-state index contributed by atoms with van der Waals surface area (Å²) in [7, 11) is 0. The molecule has 0 radical (unpaired) electrons. The standard InChI is InChI=1S/C23H35NO3/c1-21-10-8-16(24-25)14-15(21)4-5-17-18-6-7-20(23(3)26-12-13-27-23)22(18,2)11-9-19(17)21/h14,17-20,25H,4-13H2,1-3H3/b24-16-/t17-,18-,19-,20-,21-,22-/m0/s1. The number of fused-ring (bicyclic) bond motifs is 5. The van der Waals surface area contributed by atoms with Crippen LogP contribution in [0.4, 0.5) is 0 Å². The van der Waals surface area contributed by atoms with E-state index in [4.69, 9.17) is 9.47 Å². The summed E-state index contributed by atoms with van der Waals surface area (Å²) in [5.41, 5.74) is 3.09. The number of allylic oxidation sites excluding steroid dienone is 2. The summed E-state index contributed by atoms with van der Waals surface area (Å²) in [6.07, 6.45) is 12.0. The lowest BCUT2D eigenvalue weighted by Crippen LogP contribution is -2.53. The van der Waals surface area contributed by atoms with Gasteiger partial charge in [0.25, 0.3) is 0 Å². The van der Waals surface area contributed by atoms with Crippen LogP contribution in [0.1, 0.15) is 72.1 Å². The molecule has 1 saturated heterocycles. The van der Waals surface area contributed by atoms with Crippen LogP contribution in [-0.2, 0) is 9.47 Å². The van der Waals surface area contributed by atoms with Gasteiger partial charge in [-0.25, -0.2) is 0 Å². The molecule has 4 heteroatoms. The van der Waals surface area contributed by atoms with E-state index in [1.807, 2.05) is 0 Å². The first-order valence-electron chi connectivity index (χ1n) is 11.1. The van der Waals surface area contributed by atoms with E-state index in [2.05, 4.69) is 32.0 Å². The van der Waals surface area contributed by atoms with Gasteiger partial charge in [-0.15, -0.1) is 0 Å². The molecule has 0 aromatic heterocycles. The van der Waals surface area contributed by atoms with Crippen LogP contribution in [0.5, 0.6) is 0 Å². The molecule has 0 amide bonds. The first-order valence-corrected chi connectivity index (χ1v) is 11.1. The van der Waals surface area contributed by atoms with Crippen molar-refractivity contribution in [3.8, 4) is 0 Å². The topological polar surface area (TPSA) is 51.1 Å². The minimum atomic E-state index is -0.364. The van der Waals surface area contributed by atoms with Crippen LogP contribution in [0, 0.1) is 34.5 Å². The van der Waals surface area contributed by atoms with Gasteiger partial charge in [-0.3, -0.25) is 0 Å². The SMILES string of the molecule is CC1([C@H]2CC[C@H]3[C@@H]4CCC5=C/C(=N\O)CC[C@]5(C)[C@H]4CC[C@]23C)OCCO1. The minimum absolute atomic E-state index is 0.306. The summed E-state index contributed by atoms with van der Waals surface area (Å²) in [5.74, 6) is 2.58. The number of nitrogens with zero attached hydrogens (tertiary/aromatic N) is 1. The maximum Gasteiger partial charge on any atom is 0.169 e. The van der Waals surface area contributed by atoms with Gasteiger partial charge in [0.1, 0.15) is 0 Å². The molecule has 5 aliphatic rings. The lowest BCUT2D eigenvalue weighted by Gasteiger charge is -2.59. The molecule has 1 aliphatic heterocycles. The maximum absolute atomic E-state index is 9.23. The highest BCUT2D eigenvalue weighted by Gasteiger charge is 2.62. The quantitative estimate of drug-likeness (QED) is 0.510. The summed E-state index contributed by atoms with van der Waals surface area (Å²) in [4.78, 5) is 0. The number of hydrogen-bond donors (Lipinski definition) is 1. The summed E-state index contributed by atoms with van der Waals surface area (Å²) in [6, 6.07) is 0. The van der Waals surface area contributed by atoms with Crippen LogP contribution in [0.25, 0.3) is 0 Å². The predicted octanol–water partition coefficient (Wildman–Crippen LogP) is 5.16. The third-order valence-electron chi connectivity index (χ3n) is 9.60. The van der Waals surface area contributed by atoms with Crippen LogP contribution < -0.4 is 0 Å². The molecule has 4 aliphatic carbocycles. The molecular formula is C23H35NO3. The van der Waals surface area contributed by atoms with Crippen molar-refractivity contribution in [2.75, 3.05) is 13.2 Å². The van der Waals surface area contributed by atoms with Gasteiger partial charge >= 0.3 is 0 Å². The highest BCUT2D eigenvalue weighted by molar-refractivity contribution is 5.96. The van der Waals surface area contributed by atoms with E-state index in [9.17, 15) is 5.21 Å². The van der Waals surface area contributed by atoms with Crippen LogP contribution in [0.3, 0.4) is 0 Å². The van der Waals surface area contributed by atoms with Crippen LogP contribution in [0.15, 0.2) is 16.8 Å². The largest absolute Gasteiger partial charge is 0.411 e. The Kier molecular flexibility index (Phi) is 4.08. The molecule has 27 heavy (non-hydrogen) atoms. The van der Waals surface area contributed by atoms with E-state index < -0.39 is 0 Å². The highest BCUT2D eigenvalue weighted by atomic mass is 16.7. The van der Waals surface area contributed by atoms with E-state index in [1.165, 1.54) is 38.5 Å². The van der Waals surface area contributed by atoms with Gasteiger partial charge < -0.3 is 14.7 Å². The predicted molar refractivity (Wildman–Crippen MR) is 105 cm³/mol. The van der Waals surface area contributed by atoms with Crippen molar-refractivity contribution in [1.82, 2.24) is 0 Å². The Labute approximate surface area is 163 Å². The molecule has 4 fully saturated rings. The van der Waals surface area contributed by atoms with Gasteiger partial charge in [-0.05, 0) is 93.0 Å². The van der Waals surface area contributed by atoms with E-state index in [0.717, 1.165) is 49.5 Å². The second-order valence-electron chi connectivity index (χ2n) is 10.5. The zero-order valence-corrected chi connectivity index (χ0v) is 17.2. The summed E-state index contributed by atoms with van der Waals surface area (Å²) < 4.78 is 12.3. The third-order valence-corrected chi connectivity index (χ3v) is 9.60. The Morgan fingerprint density at radius 2 is 1.74 bits per heavy atom. The average molecular weight is 374 g/mol. The maximum atomic E-state index is 9.23. The smallest absolute Gasteiger partial charge is 0.169 e. The number of ether oxygens (including phenoxy) is 2. The minimum Gasteiger partial charge on any atom is -0.411 e. The summed E-state index contributed by atoms with van der Waals surface area (Å²) in [5, 5.41) is 12.7. The van der Waals surface area contributed by atoms with Crippen molar-refractivity contribution in [2.45, 2.75) is 77.9 Å². The molecular weight excluding hydrogens is 338 g/mol. The lowest BCUT2D eigenvalue weighted by molar-refractivity contribution is -0.214. The molecule has 1 N–H and O–H groups in total. The Hall–Kier alpha value is -0.870. The molecule has 5 rings (SSSR count). The molecule has 4 nitrogen and oxygen atoms in total. The van der Waals surface area contributed by atoms with Gasteiger partial charge in [0, 0.05) is 5.92 Å². The monoisotopic (exact) mass is 373 g/mol. The molecule has 0 bridgehead atoms. The molecule has 0 spiro atoms. The van der Waals surface area contributed by atoms with E-state index in [0.29, 0.717) is 16.7 Å². The van der Waals surface area contributed by atoms with Gasteiger partial charge in [0.15, 0.2) is 5.79 Å². The normalized spacial score (nSPS) is 50.0. The Morgan fingerprint density at radius 3 is 2.48 bits per heavy atom. The van der Waals surface area contributed by atoms with Gasteiger partial charge in [-0.2, -0.15) is 0 Å². The fourth-order valence-electron chi connectivity index (χ4n) is 8.24. The molecule has 0 aromatic carbocycles. The van der Waals surface area contributed by atoms with Crippen molar-refractivity contribution in [1.29, 1.82) is 0 Å². The fraction of sp³-hybridized carbons (Fsp3) is 0.870. The van der Waals surface area contributed by atoms with Crippen LogP contribution in [0.2, 0.25) is 0 Å².